The minimum absolute atomic E-state index is 0.286. The number of hydrogen-bond donors (Lipinski definition) is 1. The number of hydrogen-bond acceptors (Lipinski definition) is 4. The quantitative estimate of drug-likeness (QED) is 0.468. The minimum atomic E-state index is 0.286. The van der Waals surface area contributed by atoms with E-state index >= 15 is 0 Å². The van der Waals surface area contributed by atoms with Gasteiger partial charge in [0.05, 0.1) is 24.7 Å². The van der Waals surface area contributed by atoms with Crippen molar-refractivity contribution >= 4 is 11.6 Å². The lowest BCUT2D eigenvalue weighted by Crippen LogP contribution is -2.13. The molecule has 5 heteroatoms. The third-order valence-corrected chi connectivity index (χ3v) is 2.45. The molecule has 1 aromatic rings. The first-order chi connectivity index (χ1) is 8.72. The van der Waals surface area contributed by atoms with Crippen molar-refractivity contribution in [3.05, 3.63) is 35.4 Å². The van der Waals surface area contributed by atoms with Crippen LogP contribution in [-0.4, -0.2) is 20.3 Å². The number of nitrogens with one attached hydrogen (secondary N) is 1. The van der Waals surface area contributed by atoms with Crippen molar-refractivity contribution in [2.24, 2.45) is 0 Å². The average molecular weight is 267 g/mol. The zero-order chi connectivity index (χ0) is 13.4. The first-order valence-corrected chi connectivity index (χ1v) is 5.78. The Morgan fingerprint density at radius 2 is 2.33 bits per heavy atom. The maximum Gasteiger partial charge on any atom is 0.180 e. The Morgan fingerprint density at radius 1 is 1.56 bits per heavy atom. The molecule has 0 spiro atoms. The van der Waals surface area contributed by atoms with Crippen LogP contribution in [0.4, 0.5) is 0 Å². The monoisotopic (exact) mass is 266 g/mol. The molecular formula is C13H15ClN2O2. The SMILES string of the molecule is C=CCOc1c(Cl)cc(CNCC#N)cc1OC. The van der Waals surface area contributed by atoms with Crippen LogP contribution in [0.15, 0.2) is 24.8 Å². The van der Waals surface area contributed by atoms with Crippen molar-refractivity contribution in [2.45, 2.75) is 6.54 Å². The fraction of sp³-hybridized carbons (Fsp3) is 0.308. The van der Waals surface area contributed by atoms with Crippen LogP contribution in [0.3, 0.4) is 0 Å². The molecule has 0 aliphatic heterocycles. The summed E-state index contributed by atoms with van der Waals surface area (Å²) in [5.41, 5.74) is 0.929. The van der Waals surface area contributed by atoms with Crippen LogP contribution >= 0.6 is 11.6 Å². The van der Waals surface area contributed by atoms with Crippen molar-refractivity contribution in [1.29, 1.82) is 5.26 Å². The largest absolute Gasteiger partial charge is 0.493 e. The van der Waals surface area contributed by atoms with E-state index in [-0.39, 0.29) is 6.54 Å². The van der Waals surface area contributed by atoms with E-state index in [9.17, 15) is 0 Å². The fourth-order valence-electron chi connectivity index (χ4n) is 1.42. The standard InChI is InChI=1S/C13H15ClN2O2/c1-3-6-18-13-11(14)7-10(8-12(13)17-2)9-16-5-4-15/h3,7-8,16H,1,5-6,9H2,2H3. The molecule has 4 nitrogen and oxygen atoms in total. The molecule has 0 saturated heterocycles. The number of benzene rings is 1. The Kier molecular flexibility index (Phi) is 6.06. The minimum Gasteiger partial charge on any atom is -0.493 e. The molecule has 1 N–H and O–H groups in total. The first kappa shape index (κ1) is 14.4. The second-order valence-corrected chi connectivity index (χ2v) is 3.88. The van der Waals surface area contributed by atoms with E-state index in [4.69, 9.17) is 26.3 Å². The number of ether oxygens (including phenoxy) is 2. The lowest BCUT2D eigenvalue weighted by Gasteiger charge is -2.13. The van der Waals surface area contributed by atoms with Crippen molar-refractivity contribution in [2.75, 3.05) is 20.3 Å². The summed E-state index contributed by atoms with van der Waals surface area (Å²) in [6, 6.07) is 5.62. The van der Waals surface area contributed by atoms with Gasteiger partial charge in [0.1, 0.15) is 6.61 Å². The van der Waals surface area contributed by atoms with Gasteiger partial charge in [-0.15, -0.1) is 0 Å². The van der Waals surface area contributed by atoms with Crippen LogP contribution in [0.5, 0.6) is 11.5 Å². The highest BCUT2D eigenvalue weighted by Crippen LogP contribution is 2.36. The molecule has 0 aliphatic rings. The zero-order valence-electron chi connectivity index (χ0n) is 10.2. The molecule has 0 amide bonds. The molecule has 0 radical (unpaired) electrons. The van der Waals surface area contributed by atoms with Gasteiger partial charge in [-0.2, -0.15) is 5.26 Å². The van der Waals surface area contributed by atoms with Crippen molar-refractivity contribution < 1.29 is 9.47 Å². The first-order valence-electron chi connectivity index (χ1n) is 5.40. The molecule has 0 atom stereocenters. The number of nitriles is 1. The predicted octanol–water partition coefficient (Wildman–Crippen LogP) is 2.53. The topological polar surface area (TPSA) is 54.3 Å². The van der Waals surface area contributed by atoms with E-state index in [1.165, 1.54) is 0 Å². The molecule has 96 valence electrons. The number of methoxy groups -OCH3 is 1. The van der Waals surface area contributed by atoms with E-state index in [0.29, 0.717) is 29.7 Å². The molecule has 1 aromatic carbocycles. The van der Waals surface area contributed by atoms with Crippen molar-refractivity contribution in [3.63, 3.8) is 0 Å². The van der Waals surface area contributed by atoms with Crippen LogP contribution in [-0.2, 0) is 6.54 Å². The van der Waals surface area contributed by atoms with Crippen LogP contribution in [0.2, 0.25) is 5.02 Å². The van der Waals surface area contributed by atoms with Gasteiger partial charge >= 0.3 is 0 Å². The highest BCUT2D eigenvalue weighted by Gasteiger charge is 2.11. The van der Waals surface area contributed by atoms with Crippen LogP contribution in [0.1, 0.15) is 5.56 Å². The molecule has 0 aliphatic carbocycles. The molecule has 0 saturated carbocycles. The lowest BCUT2D eigenvalue weighted by atomic mass is 10.2. The average Bonchev–Trinajstić information content (AvgIpc) is 2.37. The van der Waals surface area contributed by atoms with E-state index in [1.807, 2.05) is 12.1 Å². The predicted molar refractivity (Wildman–Crippen MR) is 71.0 cm³/mol. The summed E-state index contributed by atoms with van der Waals surface area (Å²) in [5.74, 6) is 1.07. The van der Waals surface area contributed by atoms with Crippen LogP contribution < -0.4 is 14.8 Å². The third-order valence-electron chi connectivity index (χ3n) is 2.17. The Hall–Kier alpha value is -1.70. The van der Waals surface area contributed by atoms with Gasteiger partial charge in [0.2, 0.25) is 0 Å². The number of rotatable bonds is 7. The maximum atomic E-state index is 8.45. The molecule has 0 unspecified atom stereocenters. The highest BCUT2D eigenvalue weighted by molar-refractivity contribution is 6.32. The van der Waals surface area contributed by atoms with E-state index < -0.39 is 0 Å². The van der Waals surface area contributed by atoms with Crippen molar-refractivity contribution in [3.8, 4) is 17.6 Å². The van der Waals surface area contributed by atoms with Gasteiger partial charge in [-0.1, -0.05) is 24.3 Å². The summed E-state index contributed by atoms with van der Waals surface area (Å²) in [4.78, 5) is 0. The van der Waals surface area contributed by atoms with Gasteiger partial charge in [-0.25, -0.2) is 0 Å². The summed E-state index contributed by atoms with van der Waals surface area (Å²) in [7, 11) is 1.55. The van der Waals surface area contributed by atoms with Gasteiger partial charge in [0, 0.05) is 6.54 Å². The zero-order valence-corrected chi connectivity index (χ0v) is 11.0. The third kappa shape index (κ3) is 3.95. The Balaban J connectivity index is 2.88. The van der Waals surface area contributed by atoms with Crippen LogP contribution in [0.25, 0.3) is 0 Å². The van der Waals surface area contributed by atoms with Gasteiger partial charge in [-0.3, -0.25) is 0 Å². The van der Waals surface area contributed by atoms with Gasteiger partial charge in [0.15, 0.2) is 11.5 Å². The molecule has 0 fully saturated rings. The Bertz CT molecular complexity index is 455. The lowest BCUT2D eigenvalue weighted by molar-refractivity contribution is 0.326. The second-order valence-electron chi connectivity index (χ2n) is 3.47. The summed E-state index contributed by atoms with van der Waals surface area (Å²) in [6.07, 6.45) is 1.64. The summed E-state index contributed by atoms with van der Waals surface area (Å²) >= 11 is 6.13. The summed E-state index contributed by atoms with van der Waals surface area (Å²) in [6.45, 7) is 4.78. The van der Waals surface area contributed by atoms with Gasteiger partial charge in [0.25, 0.3) is 0 Å². The van der Waals surface area contributed by atoms with Crippen LogP contribution in [0, 0.1) is 11.3 Å². The van der Waals surface area contributed by atoms with E-state index in [0.717, 1.165) is 5.56 Å². The van der Waals surface area contributed by atoms with E-state index in [2.05, 4.69) is 11.9 Å². The summed E-state index contributed by atoms with van der Waals surface area (Å²) < 4.78 is 10.7. The fourth-order valence-corrected chi connectivity index (χ4v) is 1.71. The van der Waals surface area contributed by atoms with E-state index in [1.54, 1.807) is 19.3 Å². The highest BCUT2D eigenvalue weighted by atomic mass is 35.5. The van der Waals surface area contributed by atoms with Gasteiger partial charge < -0.3 is 14.8 Å². The number of halogens is 1. The molecular weight excluding hydrogens is 252 g/mol. The Labute approximate surface area is 112 Å². The maximum absolute atomic E-state index is 8.45. The molecule has 0 bridgehead atoms. The molecule has 0 heterocycles. The molecule has 1 rings (SSSR count). The normalized spacial score (nSPS) is 9.61. The molecule has 18 heavy (non-hydrogen) atoms. The van der Waals surface area contributed by atoms with Gasteiger partial charge in [-0.05, 0) is 17.7 Å². The summed E-state index contributed by atoms with van der Waals surface area (Å²) in [5, 5.41) is 11.9. The smallest absolute Gasteiger partial charge is 0.180 e. The second kappa shape index (κ2) is 7.59. The number of nitrogens with zero attached hydrogens (tertiary/aromatic N) is 1. The van der Waals surface area contributed by atoms with Crippen molar-refractivity contribution in [1.82, 2.24) is 5.32 Å². The molecule has 0 aromatic heterocycles. The Morgan fingerprint density at radius 3 is 2.94 bits per heavy atom.